The number of halogens is 3. The quantitative estimate of drug-likeness (QED) is 0.767. The molecule has 1 aromatic rings. The number of rotatable bonds is 3. The average Bonchev–Trinajstić information content (AvgIpc) is 2.45. The molecule has 0 N–H and O–H groups in total. The van der Waals surface area contributed by atoms with Gasteiger partial charge in [-0.1, -0.05) is 13.8 Å². The van der Waals surface area contributed by atoms with Crippen LogP contribution in [0.15, 0.2) is 0 Å². The summed E-state index contributed by atoms with van der Waals surface area (Å²) in [5.41, 5.74) is -1.04. The Hall–Kier alpha value is -0.910. The fourth-order valence-corrected chi connectivity index (χ4v) is 2.16. The predicted octanol–water partition coefficient (Wildman–Crippen LogP) is 3.70. The SMILES string of the molecule is Cc1nc(C(F)(F)F)c(C(=O)CC(C)C)s1. The van der Waals surface area contributed by atoms with E-state index < -0.39 is 17.7 Å². The van der Waals surface area contributed by atoms with Crippen molar-refractivity contribution in [2.45, 2.75) is 33.4 Å². The summed E-state index contributed by atoms with van der Waals surface area (Å²) in [6.07, 6.45) is -4.43. The first-order valence-electron chi connectivity index (χ1n) is 4.79. The molecule has 0 saturated heterocycles. The lowest BCUT2D eigenvalue weighted by molar-refractivity contribution is -0.141. The van der Waals surface area contributed by atoms with E-state index in [1.807, 2.05) is 0 Å². The van der Waals surface area contributed by atoms with Crippen LogP contribution < -0.4 is 0 Å². The van der Waals surface area contributed by atoms with Gasteiger partial charge in [0.25, 0.3) is 0 Å². The molecule has 0 aliphatic carbocycles. The number of aryl methyl sites for hydroxylation is 1. The van der Waals surface area contributed by atoms with Crippen LogP contribution >= 0.6 is 11.3 Å². The molecule has 16 heavy (non-hydrogen) atoms. The first-order chi connectivity index (χ1) is 7.21. The summed E-state index contributed by atoms with van der Waals surface area (Å²) in [7, 11) is 0. The summed E-state index contributed by atoms with van der Waals surface area (Å²) < 4.78 is 37.7. The molecule has 2 nitrogen and oxygen atoms in total. The third-order valence-electron chi connectivity index (χ3n) is 1.85. The van der Waals surface area contributed by atoms with Crippen molar-refractivity contribution in [1.29, 1.82) is 0 Å². The fraction of sp³-hybridized carbons (Fsp3) is 0.600. The molecule has 6 heteroatoms. The van der Waals surface area contributed by atoms with Gasteiger partial charge in [0.15, 0.2) is 11.5 Å². The van der Waals surface area contributed by atoms with Crippen molar-refractivity contribution < 1.29 is 18.0 Å². The number of ketones is 1. The second-order valence-corrected chi connectivity index (χ2v) is 5.13. The molecule has 0 radical (unpaired) electrons. The summed E-state index contributed by atoms with van der Waals surface area (Å²) in [5.74, 6) is -0.441. The number of carbonyl (C=O) groups excluding carboxylic acids is 1. The summed E-state index contributed by atoms with van der Waals surface area (Å²) in [4.78, 5) is 14.7. The molecular weight excluding hydrogens is 239 g/mol. The molecular formula is C10H12F3NOS. The van der Waals surface area contributed by atoms with Gasteiger partial charge in [-0.15, -0.1) is 11.3 Å². The van der Waals surface area contributed by atoms with Crippen molar-refractivity contribution in [3.05, 3.63) is 15.6 Å². The molecule has 1 rings (SSSR count). The zero-order valence-electron chi connectivity index (χ0n) is 9.18. The maximum absolute atomic E-state index is 12.6. The van der Waals surface area contributed by atoms with E-state index in [-0.39, 0.29) is 22.2 Å². The fourth-order valence-electron chi connectivity index (χ4n) is 1.27. The summed E-state index contributed by atoms with van der Waals surface area (Å²) in [6.45, 7) is 5.05. The van der Waals surface area contributed by atoms with E-state index in [1.54, 1.807) is 13.8 Å². The van der Waals surface area contributed by atoms with Gasteiger partial charge in [0, 0.05) is 6.42 Å². The van der Waals surface area contributed by atoms with Crippen LogP contribution in [0.5, 0.6) is 0 Å². The molecule has 0 fully saturated rings. The van der Waals surface area contributed by atoms with Gasteiger partial charge in [0.2, 0.25) is 0 Å². The van der Waals surface area contributed by atoms with E-state index in [0.29, 0.717) is 0 Å². The van der Waals surface area contributed by atoms with E-state index in [1.165, 1.54) is 6.92 Å². The zero-order valence-corrected chi connectivity index (χ0v) is 10.00. The first kappa shape index (κ1) is 13.2. The average molecular weight is 251 g/mol. The Morgan fingerprint density at radius 2 is 2.00 bits per heavy atom. The van der Waals surface area contributed by atoms with E-state index in [0.717, 1.165) is 11.3 Å². The maximum atomic E-state index is 12.6. The lowest BCUT2D eigenvalue weighted by Crippen LogP contribution is -2.13. The molecule has 0 aliphatic heterocycles. The largest absolute Gasteiger partial charge is 0.434 e. The Bertz CT molecular complexity index is 395. The van der Waals surface area contributed by atoms with Crippen LogP contribution in [0.1, 0.15) is 40.6 Å². The minimum atomic E-state index is -4.55. The minimum Gasteiger partial charge on any atom is -0.293 e. The van der Waals surface area contributed by atoms with Gasteiger partial charge in [0.1, 0.15) is 4.88 Å². The first-order valence-corrected chi connectivity index (χ1v) is 5.61. The predicted molar refractivity (Wildman–Crippen MR) is 55.6 cm³/mol. The topological polar surface area (TPSA) is 30.0 Å². The highest BCUT2D eigenvalue weighted by molar-refractivity contribution is 7.13. The van der Waals surface area contributed by atoms with E-state index >= 15 is 0 Å². The molecule has 0 aromatic carbocycles. The molecule has 0 amide bonds. The van der Waals surface area contributed by atoms with Gasteiger partial charge in [-0.25, -0.2) is 4.98 Å². The lowest BCUT2D eigenvalue weighted by Gasteiger charge is -2.06. The van der Waals surface area contributed by atoms with Crippen LogP contribution in [-0.2, 0) is 6.18 Å². The number of Topliss-reactive ketones (excluding diaryl/α,β-unsaturated/α-hetero) is 1. The number of hydrogen-bond donors (Lipinski definition) is 0. The van der Waals surface area contributed by atoms with Crippen LogP contribution in [0, 0.1) is 12.8 Å². The van der Waals surface area contributed by atoms with Crippen molar-refractivity contribution >= 4 is 17.1 Å². The molecule has 0 unspecified atom stereocenters. The second-order valence-electron chi connectivity index (χ2n) is 3.93. The summed E-state index contributed by atoms with van der Waals surface area (Å²) >= 11 is 0.811. The number of hydrogen-bond acceptors (Lipinski definition) is 3. The lowest BCUT2D eigenvalue weighted by atomic mass is 10.1. The Labute approximate surface area is 95.5 Å². The van der Waals surface area contributed by atoms with Crippen molar-refractivity contribution in [1.82, 2.24) is 4.98 Å². The molecule has 1 heterocycles. The highest BCUT2D eigenvalue weighted by atomic mass is 32.1. The molecule has 0 aliphatic rings. The van der Waals surface area contributed by atoms with Gasteiger partial charge in [-0.3, -0.25) is 4.79 Å². The van der Waals surface area contributed by atoms with Crippen LogP contribution in [0.2, 0.25) is 0 Å². The van der Waals surface area contributed by atoms with Gasteiger partial charge in [-0.2, -0.15) is 13.2 Å². The number of carbonyl (C=O) groups is 1. The Morgan fingerprint density at radius 3 is 2.44 bits per heavy atom. The highest BCUT2D eigenvalue weighted by Crippen LogP contribution is 2.35. The van der Waals surface area contributed by atoms with Crippen molar-refractivity contribution in [3.63, 3.8) is 0 Å². The summed E-state index contributed by atoms with van der Waals surface area (Å²) in [5, 5.41) is 0.263. The normalized spacial score (nSPS) is 12.2. The van der Waals surface area contributed by atoms with Crippen LogP contribution in [0.4, 0.5) is 13.2 Å². The maximum Gasteiger partial charge on any atom is 0.434 e. The van der Waals surface area contributed by atoms with Crippen LogP contribution in [0.25, 0.3) is 0 Å². The van der Waals surface area contributed by atoms with Crippen molar-refractivity contribution in [2.75, 3.05) is 0 Å². The number of aromatic nitrogens is 1. The summed E-state index contributed by atoms with van der Waals surface area (Å²) in [6, 6.07) is 0. The third-order valence-corrected chi connectivity index (χ3v) is 2.86. The van der Waals surface area contributed by atoms with Crippen LogP contribution in [0.3, 0.4) is 0 Å². The number of thiazole rings is 1. The highest BCUT2D eigenvalue weighted by Gasteiger charge is 2.38. The molecule has 0 bridgehead atoms. The second kappa shape index (κ2) is 4.53. The monoisotopic (exact) mass is 251 g/mol. The van der Waals surface area contributed by atoms with Gasteiger partial charge in [-0.05, 0) is 12.8 Å². The molecule has 1 aromatic heterocycles. The molecule has 0 spiro atoms. The zero-order chi connectivity index (χ0) is 12.5. The number of nitrogens with zero attached hydrogens (tertiary/aromatic N) is 1. The van der Waals surface area contributed by atoms with Crippen LogP contribution in [-0.4, -0.2) is 10.8 Å². The van der Waals surface area contributed by atoms with Crippen molar-refractivity contribution in [2.24, 2.45) is 5.92 Å². The third kappa shape index (κ3) is 3.04. The van der Waals surface area contributed by atoms with E-state index in [4.69, 9.17) is 0 Å². The number of alkyl halides is 3. The van der Waals surface area contributed by atoms with E-state index in [9.17, 15) is 18.0 Å². The van der Waals surface area contributed by atoms with Crippen molar-refractivity contribution in [3.8, 4) is 0 Å². The Balaban J connectivity index is 3.09. The van der Waals surface area contributed by atoms with Gasteiger partial charge < -0.3 is 0 Å². The molecule has 0 atom stereocenters. The Kier molecular flexibility index (Phi) is 3.72. The van der Waals surface area contributed by atoms with E-state index in [2.05, 4.69) is 4.98 Å². The molecule has 0 saturated carbocycles. The van der Waals surface area contributed by atoms with Gasteiger partial charge >= 0.3 is 6.18 Å². The smallest absolute Gasteiger partial charge is 0.293 e. The van der Waals surface area contributed by atoms with Gasteiger partial charge in [0.05, 0.1) is 5.01 Å². The molecule has 90 valence electrons. The minimum absolute atomic E-state index is 0.0380. The Morgan fingerprint density at radius 1 is 1.44 bits per heavy atom. The standard InChI is InChI=1S/C10H12F3NOS/c1-5(2)4-7(15)8-9(10(11,12)13)14-6(3)16-8/h5H,4H2,1-3H3.